The number of aromatic amines is 1. The van der Waals surface area contributed by atoms with Crippen molar-refractivity contribution in [3.05, 3.63) is 98.6 Å². The van der Waals surface area contributed by atoms with Gasteiger partial charge < -0.3 is 19.9 Å². The number of hydrogen-bond donors (Lipinski definition) is 2. The van der Waals surface area contributed by atoms with E-state index in [9.17, 15) is 9.59 Å². The fourth-order valence-electron chi connectivity index (χ4n) is 6.19. The summed E-state index contributed by atoms with van der Waals surface area (Å²) in [6, 6.07) is 21.9. The van der Waals surface area contributed by atoms with Crippen molar-refractivity contribution in [2.45, 2.75) is 42.0 Å². The third-order valence-electron chi connectivity index (χ3n) is 8.47. The van der Waals surface area contributed by atoms with Gasteiger partial charge in [0.25, 0.3) is 0 Å². The molecule has 0 bridgehead atoms. The second-order valence-corrected chi connectivity index (χ2v) is 14.8. The average Bonchev–Trinajstić information content (AvgIpc) is 3.55. The van der Waals surface area contributed by atoms with Crippen molar-refractivity contribution in [2.24, 2.45) is 0 Å². The Morgan fingerprint density at radius 1 is 1.05 bits per heavy atom. The minimum Gasteiger partial charge on any atom is -0.379 e. The van der Waals surface area contributed by atoms with Crippen molar-refractivity contribution in [2.75, 3.05) is 39.4 Å². The van der Waals surface area contributed by atoms with E-state index in [0.29, 0.717) is 13.1 Å². The Morgan fingerprint density at radius 3 is 2.52 bits per heavy atom. The number of fused-ring (bicyclic) bond motifs is 1. The van der Waals surface area contributed by atoms with E-state index in [1.54, 1.807) is 0 Å². The number of rotatable bonds is 10. The topological polar surface area (TPSA) is 77.7 Å². The van der Waals surface area contributed by atoms with Gasteiger partial charge in [0.1, 0.15) is 4.75 Å². The molecule has 7 nitrogen and oxygen atoms in total. The van der Waals surface area contributed by atoms with Gasteiger partial charge in [-0.3, -0.25) is 14.5 Å². The highest BCUT2D eigenvalue weighted by molar-refractivity contribution is 9.10. The zero-order valence-corrected chi connectivity index (χ0v) is 28.6. The van der Waals surface area contributed by atoms with Gasteiger partial charge in [-0.05, 0) is 61.9 Å². The second kappa shape index (κ2) is 13.8. The molecule has 2 amide bonds. The number of aryl methyl sites for hydroxylation is 1. The smallest absolute Gasteiger partial charge is 0.239 e. The highest BCUT2D eigenvalue weighted by Crippen LogP contribution is 2.54. The number of H-pyrrole nitrogens is 1. The standard InChI is InChI=1S/C34H36Br2N4O3S/c1-23-3-10-27(11-4-23)44-34(33(42)37-13-2-14-39-15-17-43-18-16-39)20-31(41)40(22-24-5-7-25(35)8-6-24)32(34)29-21-38-30-19-26(36)9-12-28(29)30/h3-12,19,21,32,38H,2,13-18,20,22H2,1H3,(H,37,42)/t32-,34-/m0/s1. The first kappa shape index (κ1) is 31.4. The molecule has 0 spiro atoms. The van der Waals surface area contributed by atoms with E-state index in [2.05, 4.69) is 84.3 Å². The lowest BCUT2D eigenvalue weighted by Crippen LogP contribution is -2.48. The minimum absolute atomic E-state index is 0.0348. The number of nitrogens with one attached hydrogen (secondary N) is 2. The molecular formula is C34H36Br2N4O3S. The number of thioether (sulfide) groups is 1. The van der Waals surface area contributed by atoms with Crippen LogP contribution >= 0.6 is 43.6 Å². The van der Waals surface area contributed by atoms with Crippen molar-refractivity contribution in [3.8, 4) is 0 Å². The molecule has 3 aromatic carbocycles. The maximum atomic E-state index is 14.6. The summed E-state index contributed by atoms with van der Waals surface area (Å²) in [5, 5.41) is 4.28. The Morgan fingerprint density at radius 2 is 1.77 bits per heavy atom. The first-order valence-corrected chi connectivity index (χ1v) is 17.4. The number of nitrogens with zero attached hydrogens (tertiary/aromatic N) is 2. The first-order valence-electron chi connectivity index (χ1n) is 15.0. The molecule has 0 saturated carbocycles. The van der Waals surface area contributed by atoms with E-state index in [1.807, 2.05) is 47.5 Å². The van der Waals surface area contributed by atoms with Gasteiger partial charge in [0.05, 0.1) is 25.7 Å². The summed E-state index contributed by atoms with van der Waals surface area (Å²) in [4.78, 5) is 37.4. The van der Waals surface area contributed by atoms with Crippen LogP contribution in [0.25, 0.3) is 10.9 Å². The molecule has 2 atom stereocenters. The van der Waals surface area contributed by atoms with Gasteiger partial charge in [0.15, 0.2) is 0 Å². The van der Waals surface area contributed by atoms with Gasteiger partial charge in [0.2, 0.25) is 11.8 Å². The van der Waals surface area contributed by atoms with Crippen molar-refractivity contribution in [1.29, 1.82) is 0 Å². The third-order valence-corrected chi connectivity index (χ3v) is 10.9. The lowest BCUT2D eigenvalue weighted by Gasteiger charge is -2.36. The second-order valence-electron chi connectivity index (χ2n) is 11.5. The van der Waals surface area contributed by atoms with Crippen LogP contribution in [0.4, 0.5) is 0 Å². The Balaban J connectivity index is 1.39. The van der Waals surface area contributed by atoms with Crippen LogP contribution in [0, 0.1) is 6.92 Å². The zero-order chi connectivity index (χ0) is 30.7. The molecule has 2 N–H and O–H groups in total. The van der Waals surface area contributed by atoms with Crippen LogP contribution in [0.1, 0.15) is 35.6 Å². The van der Waals surface area contributed by atoms with E-state index >= 15 is 0 Å². The van der Waals surface area contributed by atoms with Crippen molar-refractivity contribution >= 4 is 66.3 Å². The Bertz CT molecular complexity index is 1620. The molecule has 2 fully saturated rings. The third kappa shape index (κ3) is 6.79. The normalized spacial score (nSPS) is 20.8. The molecule has 2 aliphatic heterocycles. The molecule has 10 heteroatoms. The Kier molecular flexibility index (Phi) is 9.83. The van der Waals surface area contributed by atoms with Gasteiger partial charge in [-0.25, -0.2) is 0 Å². The van der Waals surface area contributed by atoms with E-state index < -0.39 is 10.8 Å². The molecule has 2 aliphatic rings. The lowest BCUT2D eigenvalue weighted by atomic mass is 9.91. The number of morpholine rings is 1. The molecule has 0 radical (unpaired) electrons. The Labute approximate surface area is 279 Å². The maximum Gasteiger partial charge on any atom is 0.239 e. The van der Waals surface area contributed by atoms with Crippen LogP contribution in [-0.4, -0.2) is 70.7 Å². The SMILES string of the molecule is Cc1ccc(S[C@@]2(C(=O)NCCCN3CCOCC3)CC(=O)N(Cc3ccc(Br)cc3)[C@H]2c2c[nH]c3cc(Br)ccc23)cc1. The number of likely N-dealkylation sites (tertiary alicyclic amines) is 1. The van der Waals surface area contributed by atoms with Crippen LogP contribution in [0.2, 0.25) is 0 Å². The summed E-state index contributed by atoms with van der Waals surface area (Å²) in [6.07, 6.45) is 2.91. The van der Waals surface area contributed by atoms with Gasteiger partial charge in [-0.1, -0.05) is 67.8 Å². The average molecular weight is 741 g/mol. The van der Waals surface area contributed by atoms with E-state index in [0.717, 1.165) is 80.7 Å². The summed E-state index contributed by atoms with van der Waals surface area (Å²) in [6.45, 7) is 7.23. The number of hydrogen-bond acceptors (Lipinski definition) is 5. The van der Waals surface area contributed by atoms with Crippen molar-refractivity contribution in [1.82, 2.24) is 20.1 Å². The van der Waals surface area contributed by atoms with E-state index in [-0.39, 0.29) is 18.2 Å². The lowest BCUT2D eigenvalue weighted by molar-refractivity contribution is -0.129. The first-order chi connectivity index (χ1) is 21.3. The van der Waals surface area contributed by atoms with Crippen LogP contribution in [0.3, 0.4) is 0 Å². The number of amides is 2. The molecule has 3 heterocycles. The quantitative estimate of drug-likeness (QED) is 0.174. The summed E-state index contributed by atoms with van der Waals surface area (Å²) in [7, 11) is 0. The molecule has 44 heavy (non-hydrogen) atoms. The highest BCUT2D eigenvalue weighted by Gasteiger charge is 2.58. The van der Waals surface area contributed by atoms with Crippen LogP contribution < -0.4 is 5.32 Å². The maximum absolute atomic E-state index is 14.6. The largest absolute Gasteiger partial charge is 0.379 e. The van der Waals surface area contributed by atoms with Gasteiger partial charge in [-0.15, -0.1) is 11.8 Å². The van der Waals surface area contributed by atoms with Crippen LogP contribution in [-0.2, 0) is 20.9 Å². The number of aromatic nitrogens is 1. The van der Waals surface area contributed by atoms with Crippen LogP contribution in [0.5, 0.6) is 0 Å². The summed E-state index contributed by atoms with van der Waals surface area (Å²) < 4.78 is 6.35. The zero-order valence-electron chi connectivity index (χ0n) is 24.7. The van der Waals surface area contributed by atoms with Crippen molar-refractivity contribution in [3.63, 3.8) is 0 Å². The molecule has 1 aromatic heterocycles. The number of carbonyl (C=O) groups excluding carboxylic acids is 2. The van der Waals surface area contributed by atoms with Gasteiger partial charge >= 0.3 is 0 Å². The monoisotopic (exact) mass is 738 g/mol. The molecule has 0 aliphatic carbocycles. The Hall–Kier alpha value is -2.63. The fraction of sp³-hybridized carbons (Fsp3) is 0.353. The summed E-state index contributed by atoms with van der Waals surface area (Å²) >= 11 is 8.62. The molecular weight excluding hydrogens is 704 g/mol. The molecule has 6 rings (SSSR count). The van der Waals surface area contributed by atoms with Crippen molar-refractivity contribution < 1.29 is 14.3 Å². The van der Waals surface area contributed by atoms with E-state index in [4.69, 9.17) is 4.74 Å². The number of halogens is 2. The predicted octanol–water partition coefficient (Wildman–Crippen LogP) is 6.84. The minimum atomic E-state index is -1.08. The summed E-state index contributed by atoms with van der Waals surface area (Å²) in [5.41, 5.74) is 4.06. The summed E-state index contributed by atoms with van der Waals surface area (Å²) in [5.74, 6) is -0.138. The number of carbonyl (C=O) groups is 2. The number of ether oxygens (including phenoxy) is 1. The number of benzene rings is 3. The highest BCUT2D eigenvalue weighted by atomic mass is 79.9. The van der Waals surface area contributed by atoms with Crippen LogP contribution in [0.15, 0.2) is 86.8 Å². The van der Waals surface area contributed by atoms with E-state index in [1.165, 1.54) is 11.8 Å². The molecule has 4 aromatic rings. The molecule has 230 valence electrons. The fourth-order valence-corrected chi connectivity index (χ4v) is 8.23. The van der Waals surface area contributed by atoms with Gasteiger partial charge in [-0.2, -0.15) is 0 Å². The molecule has 2 saturated heterocycles. The predicted molar refractivity (Wildman–Crippen MR) is 183 cm³/mol. The molecule has 0 unspecified atom stereocenters. The van der Waals surface area contributed by atoms with Gasteiger partial charge in [0, 0.05) is 62.7 Å².